The van der Waals surface area contributed by atoms with Crippen molar-refractivity contribution in [3.63, 3.8) is 0 Å². The van der Waals surface area contributed by atoms with Crippen LogP contribution in [0.1, 0.15) is 24.8 Å². The SMILES string of the molecule is COc1ccccc1CN1CCN(C(=O)[C@H]2CC[C@H](N)[C@@H](OC)C2)CC1.Cl.Cl. The van der Waals surface area contributed by atoms with Gasteiger partial charge in [-0.15, -0.1) is 24.8 Å². The van der Waals surface area contributed by atoms with E-state index in [0.717, 1.165) is 57.7 Å². The third kappa shape index (κ3) is 5.97. The van der Waals surface area contributed by atoms with Crippen molar-refractivity contribution < 1.29 is 14.3 Å². The lowest BCUT2D eigenvalue weighted by molar-refractivity contribution is -0.140. The number of carbonyl (C=O) groups excluding carboxylic acids is 1. The summed E-state index contributed by atoms with van der Waals surface area (Å²) in [6, 6.07) is 8.18. The molecular formula is C20H33Cl2N3O3. The molecule has 3 rings (SSSR count). The number of para-hydroxylation sites is 1. The van der Waals surface area contributed by atoms with Gasteiger partial charge < -0.3 is 20.1 Å². The quantitative estimate of drug-likeness (QED) is 0.771. The van der Waals surface area contributed by atoms with Gasteiger partial charge in [-0.1, -0.05) is 18.2 Å². The van der Waals surface area contributed by atoms with Crippen LogP contribution in [0, 0.1) is 5.92 Å². The fraction of sp³-hybridized carbons (Fsp3) is 0.650. The molecule has 1 saturated carbocycles. The first-order valence-corrected chi connectivity index (χ1v) is 9.53. The predicted octanol–water partition coefficient (Wildman–Crippen LogP) is 2.33. The molecule has 1 aromatic carbocycles. The zero-order valence-electron chi connectivity index (χ0n) is 16.7. The summed E-state index contributed by atoms with van der Waals surface area (Å²) in [4.78, 5) is 17.3. The average molecular weight is 434 g/mol. The van der Waals surface area contributed by atoms with Crippen molar-refractivity contribution in [2.24, 2.45) is 11.7 Å². The molecular weight excluding hydrogens is 401 g/mol. The van der Waals surface area contributed by atoms with Crippen LogP contribution in [0.15, 0.2) is 24.3 Å². The largest absolute Gasteiger partial charge is 0.496 e. The van der Waals surface area contributed by atoms with Gasteiger partial charge in [0.05, 0.1) is 13.2 Å². The predicted molar refractivity (Wildman–Crippen MR) is 115 cm³/mol. The Hall–Kier alpha value is -1.05. The van der Waals surface area contributed by atoms with Gasteiger partial charge in [-0.05, 0) is 25.3 Å². The molecule has 0 unspecified atom stereocenters. The van der Waals surface area contributed by atoms with Gasteiger partial charge in [0.25, 0.3) is 0 Å². The van der Waals surface area contributed by atoms with Crippen molar-refractivity contribution in [2.45, 2.75) is 38.0 Å². The summed E-state index contributed by atoms with van der Waals surface area (Å²) in [6.45, 7) is 4.21. The zero-order valence-corrected chi connectivity index (χ0v) is 18.3. The van der Waals surface area contributed by atoms with Gasteiger partial charge in [-0.3, -0.25) is 9.69 Å². The van der Waals surface area contributed by atoms with E-state index < -0.39 is 0 Å². The molecule has 0 spiro atoms. The Morgan fingerprint density at radius 2 is 1.79 bits per heavy atom. The summed E-state index contributed by atoms with van der Waals surface area (Å²) in [6.07, 6.45) is 2.49. The molecule has 2 aliphatic rings. The van der Waals surface area contributed by atoms with Crippen molar-refractivity contribution in [3.05, 3.63) is 29.8 Å². The molecule has 160 valence electrons. The smallest absolute Gasteiger partial charge is 0.225 e. The van der Waals surface area contributed by atoms with Crippen LogP contribution in [0.4, 0.5) is 0 Å². The maximum atomic E-state index is 12.9. The van der Waals surface area contributed by atoms with Crippen LogP contribution in [-0.2, 0) is 16.1 Å². The topological polar surface area (TPSA) is 68.0 Å². The molecule has 2 N–H and O–H groups in total. The number of methoxy groups -OCH3 is 2. The van der Waals surface area contributed by atoms with Gasteiger partial charge in [-0.25, -0.2) is 0 Å². The average Bonchev–Trinajstić information content (AvgIpc) is 2.69. The van der Waals surface area contributed by atoms with Gasteiger partial charge in [0.1, 0.15) is 5.75 Å². The highest BCUT2D eigenvalue weighted by Gasteiger charge is 2.35. The van der Waals surface area contributed by atoms with E-state index in [0.29, 0.717) is 0 Å². The van der Waals surface area contributed by atoms with E-state index in [9.17, 15) is 4.79 Å². The second kappa shape index (κ2) is 11.8. The van der Waals surface area contributed by atoms with E-state index in [2.05, 4.69) is 11.0 Å². The van der Waals surface area contributed by atoms with Gasteiger partial charge in [0.2, 0.25) is 5.91 Å². The first-order valence-electron chi connectivity index (χ1n) is 9.53. The minimum Gasteiger partial charge on any atom is -0.496 e. The van der Waals surface area contributed by atoms with Gasteiger partial charge in [0.15, 0.2) is 0 Å². The van der Waals surface area contributed by atoms with Crippen LogP contribution in [-0.4, -0.2) is 68.3 Å². The standard InChI is InChI=1S/C20H31N3O3.2ClH/c1-25-18-6-4-3-5-16(18)14-22-9-11-23(12-10-22)20(24)15-7-8-17(21)19(13-15)26-2;;/h3-6,15,17,19H,7-14,21H2,1-2H3;2*1H/t15-,17-,19-;;/m0../s1. The lowest BCUT2D eigenvalue weighted by Gasteiger charge is -2.39. The van der Waals surface area contributed by atoms with Crippen LogP contribution >= 0.6 is 24.8 Å². The molecule has 1 saturated heterocycles. The molecule has 0 aromatic heterocycles. The lowest BCUT2D eigenvalue weighted by atomic mass is 9.83. The molecule has 2 fully saturated rings. The molecule has 8 heteroatoms. The number of hydrogen-bond donors (Lipinski definition) is 1. The van der Waals surface area contributed by atoms with E-state index in [1.807, 2.05) is 23.1 Å². The molecule has 3 atom stereocenters. The van der Waals surface area contributed by atoms with Gasteiger partial charge in [-0.2, -0.15) is 0 Å². The number of nitrogens with zero attached hydrogens (tertiary/aromatic N) is 2. The first-order chi connectivity index (χ1) is 12.6. The fourth-order valence-electron chi connectivity index (χ4n) is 4.11. The summed E-state index contributed by atoms with van der Waals surface area (Å²) in [7, 11) is 3.40. The third-order valence-electron chi connectivity index (χ3n) is 5.77. The van der Waals surface area contributed by atoms with Crippen molar-refractivity contribution in [1.29, 1.82) is 0 Å². The van der Waals surface area contributed by atoms with E-state index >= 15 is 0 Å². The Labute approximate surface area is 180 Å². The summed E-state index contributed by atoms with van der Waals surface area (Å²) in [5.41, 5.74) is 7.27. The molecule has 28 heavy (non-hydrogen) atoms. The monoisotopic (exact) mass is 433 g/mol. The molecule has 6 nitrogen and oxygen atoms in total. The number of ether oxygens (including phenoxy) is 2. The normalized spacial score (nSPS) is 25.4. The highest BCUT2D eigenvalue weighted by Crippen LogP contribution is 2.28. The summed E-state index contributed by atoms with van der Waals surface area (Å²) in [5.74, 6) is 1.26. The van der Waals surface area contributed by atoms with E-state index in [1.54, 1.807) is 14.2 Å². The number of amides is 1. The lowest BCUT2D eigenvalue weighted by Crippen LogP contribution is -2.52. The Morgan fingerprint density at radius 1 is 1.11 bits per heavy atom. The van der Waals surface area contributed by atoms with Crippen molar-refractivity contribution in [2.75, 3.05) is 40.4 Å². The zero-order chi connectivity index (χ0) is 18.5. The Balaban J connectivity index is 0.00000196. The second-order valence-corrected chi connectivity index (χ2v) is 7.36. The van der Waals surface area contributed by atoms with Crippen LogP contribution < -0.4 is 10.5 Å². The van der Waals surface area contributed by atoms with Gasteiger partial charge >= 0.3 is 0 Å². The molecule has 1 amide bonds. The molecule has 0 radical (unpaired) electrons. The highest BCUT2D eigenvalue weighted by atomic mass is 35.5. The van der Waals surface area contributed by atoms with Crippen molar-refractivity contribution in [1.82, 2.24) is 9.80 Å². The maximum absolute atomic E-state index is 12.9. The minimum atomic E-state index is 0. The molecule has 0 bridgehead atoms. The van der Waals surface area contributed by atoms with Crippen molar-refractivity contribution >= 4 is 30.7 Å². The summed E-state index contributed by atoms with van der Waals surface area (Å²) in [5, 5.41) is 0. The molecule has 1 aliphatic carbocycles. The number of piperazine rings is 1. The summed E-state index contributed by atoms with van der Waals surface area (Å²) < 4.78 is 10.9. The molecule has 1 aliphatic heterocycles. The number of rotatable bonds is 5. The fourth-order valence-corrected chi connectivity index (χ4v) is 4.11. The second-order valence-electron chi connectivity index (χ2n) is 7.36. The number of carbonyl (C=O) groups is 1. The maximum Gasteiger partial charge on any atom is 0.225 e. The van der Waals surface area contributed by atoms with E-state index in [4.69, 9.17) is 15.2 Å². The van der Waals surface area contributed by atoms with Gasteiger partial charge in [0, 0.05) is 57.4 Å². The van der Waals surface area contributed by atoms with Crippen LogP contribution in [0.2, 0.25) is 0 Å². The minimum absolute atomic E-state index is 0. The highest BCUT2D eigenvalue weighted by molar-refractivity contribution is 5.85. The van der Waals surface area contributed by atoms with Crippen molar-refractivity contribution in [3.8, 4) is 5.75 Å². The Kier molecular flexibility index (Phi) is 10.6. The van der Waals surface area contributed by atoms with Crippen LogP contribution in [0.3, 0.4) is 0 Å². The van der Waals surface area contributed by atoms with E-state index in [-0.39, 0.29) is 48.8 Å². The van der Waals surface area contributed by atoms with E-state index in [1.165, 1.54) is 5.56 Å². The Morgan fingerprint density at radius 3 is 2.43 bits per heavy atom. The van der Waals surface area contributed by atoms with Crippen LogP contribution in [0.5, 0.6) is 5.75 Å². The number of nitrogens with two attached hydrogens (primary N) is 1. The number of benzene rings is 1. The first kappa shape index (κ1) is 25.0. The molecule has 1 aromatic rings. The number of hydrogen-bond acceptors (Lipinski definition) is 5. The summed E-state index contributed by atoms with van der Waals surface area (Å²) >= 11 is 0. The third-order valence-corrected chi connectivity index (χ3v) is 5.77. The number of halogens is 2. The van der Waals surface area contributed by atoms with Crippen LogP contribution in [0.25, 0.3) is 0 Å². The Bertz CT molecular complexity index is 612. The molecule has 1 heterocycles.